The summed E-state index contributed by atoms with van der Waals surface area (Å²) in [7, 11) is 0. The van der Waals surface area contributed by atoms with Crippen LogP contribution in [0.3, 0.4) is 0 Å². The maximum atomic E-state index is 11.6. The van der Waals surface area contributed by atoms with Gasteiger partial charge >= 0.3 is 0 Å². The molecule has 19 heavy (non-hydrogen) atoms. The third-order valence-electron chi connectivity index (χ3n) is 4.23. The van der Waals surface area contributed by atoms with Crippen LogP contribution in [0.15, 0.2) is 11.1 Å². The average Bonchev–Trinajstić information content (AvgIpc) is 2.96. The Morgan fingerprint density at radius 3 is 2.58 bits per heavy atom. The second kappa shape index (κ2) is 5.78. The van der Waals surface area contributed by atoms with Gasteiger partial charge in [0.05, 0.1) is 6.33 Å². The Kier molecular flexibility index (Phi) is 4.07. The molecule has 0 atom stereocenters. The molecule has 0 bridgehead atoms. The number of aromatic amines is 1. The van der Waals surface area contributed by atoms with Gasteiger partial charge in [-0.05, 0) is 35.4 Å². The smallest absolute Gasteiger partial charge is 0.266 e. The lowest BCUT2D eigenvalue weighted by molar-refractivity contribution is 0.187. The van der Waals surface area contributed by atoms with Crippen LogP contribution in [0.5, 0.6) is 0 Å². The number of rotatable bonds is 2. The number of hydrogen-bond acceptors (Lipinski definition) is 4. The molecule has 1 aromatic rings. The molecule has 104 valence electrons. The van der Waals surface area contributed by atoms with E-state index in [1.54, 1.807) is 0 Å². The lowest BCUT2D eigenvalue weighted by Crippen LogP contribution is -2.50. The van der Waals surface area contributed by atoms with Crippen molar-refractivity contribution in [1.82, 2.24) is 14.9 Å². The minimum atomic E-state index is -0.0381. The Morgan fingerprint density at radius 1 is 1.21 bits per heavy atom. The monoisotopic (exact) mass is 374 g/mol. The summed E-state index contributed by atoms with van der Waals surface area (Å²) in [4.78, 5) is 23.4. The van der Waals surface area contributed by atoms with E-state index in [0.717, 1.165) is 38.0 Å². The zero-order valence-electron chi connectivity index (χ0n) is 10.9. The van der Waals surface area contributed by atoms with Crippen LogP contribution < -0.4 is 10.5 Å². The minimum Gasteiger partial charge on any atom is -0.353 e. The molecule has 0 radical (unpaired) electrons. The van der Waals surface area contributed by atoms with E-state index in [-0.39, 0.29) is 5.56 Å². The normalized spacial score (nSPS) is 22.1. The highest BCUT2D eigenvalue weighted by atomic mass is 127. The van der Waals surface area contributed by atoms with E-state index in [1.165, 1.54) is 32.0 Å². The molecule has 0 unspecified atom stereocenters. The van der Waals surface area contributed by atoms with Gasteiger partial charge in [-0.2, -0.15) is 0 Å². The average molecular weight is 374 g/mol. The molecule has 1 aliphatic carbocycles. The zero-order chi connectivity index (χ0) is 13.2. The standard InChI is InChI=1S/C13H19IN4O/c14-11-12(15-9-16-13(11)19)18-7-5-17(6-8-18)10-3-1-2-4-10/h9-10H,1-8H2,(H,15,16,19). The summed E-state index contributed by atoms with van der Waals surface area (Å²) in [5.41, 5.74) is -0.0381. The third kappa shape index (κ3) is 2.79. The molecule has 2 aliphatic rings. The van der Waals surface area contributed by atoms with Crippen LogP contribution >= 0.6 is 22.6 Å². The first kappa shape index (κ1) is 13.4. The van der Waals surface area contributed by atoms with Crippen molar-refractivity contribution in [2.45, 2.75) is 31.7 Å². The number of nitrogens with zero attached hydrogens (tertiary/aromatic N) is 3. The first-order chi connectivity index (χ1) is 9.25. The topological polar surface area (TPSA) is 52.2 Å². The lowest BCUT2D eigenvalue weighted by atomic mass is 10.2. The van der Waals surface area contributed by atoms with Crippen molar-refractivity contribution in [2.75, 3.05) is 31.1 Å². The molecular weight excluding hydrogens is 355 g/mol. The fraction of sp³-hybridized carbons (Fsp3) is 0.692. The van der Waals surface area contributed by atoms with E-state index in [0.29, 0.717) is 3.57 Å². The van der Waals surface area contributed by atoms with Crippen LogP contribution in [0.2, 0.25) is 0 Å². The summed E-state index contributed by atoms with van der Waals surface area (Å²) in [6.07, 6.45) is 7.00. The van der Waals surface area contributed by atoms with Gasteiger partial charge in [0.1, 0.15) is 9.39 Å². The van der Waals surface area contributed by atoms with Gasteiger partial charge < -0.3 is 9.88 Å². The number of nitrogens with one attached hydrogen (secondary N) is 1. The van der Waals surface area contributed by atoms with Gasteiger partial charge in [-0.15, -0.1) is 0 Å². The Labute approximate surface area is 126 Å². The highest BCUT2D eigenvalue weighted by Crippen LogP contribution is 2.25. The van der Waals surface area contributed by atoms with Crippen molar-refractivity contribution in [3.05, 3.63) is 20.3 Å². The van der Waals surface area contributed by atoms with Gasteiger partial charge in [0.15, 0.2) is 0 Å². The molecule has 3 rings (SSSR count). The van der Waals surface area contributed by atoms with E-state index in [9.17, 15) is 4.79 Å². The first-order valence-electron chi connectivity index (χ1n) is 6.98. The molecule has 1 saturated heterocycles. The van der Waals surface area contributed by atoms with Crippen molar-refractivity contribution >= 4 is 28.4 Å². The van der Waals surface area contributed by atoms with Crippen LogP contribution in [0.25, 0.3) is 0 Å². The third-order valence-corrected chi connectivity index (χ3v) is 5.21. The van der Waals surface area contributed by atoms with Crippen LogP contribution in [-0.2, 0) is 0 Å². The van der Waals surface area contributed by atoms with Crippen molar-refractivity contribution in [3.63, 3.8) is 0 Å². The van der Waals surface area contributed by atoms with E-state index in [4.69, 9.17) is 0 Å². The summed E-state index contributed by atoms with van der Waals surface area (Å²) in [5.74, 6) is 0.843. The molecule has 1 aromatic heterocycles. The first-order valence-corrected chi connectivity index (χ1v) is 8.06. The number of piperazine rings is 1. The second-order valence-corrected chi connectivity index (χ2v) is 6.41. The summed E-state index contributed by atoms with van der Waals surface area (Å²) < 4.78 is 0.703. The van der Waals surface area contributed by atoms with Gasteiger partial charge in [-0.1, -0.05) is 12.8 Å². The molecular formula is C13H19IN4O. The van der Waals surface area contributed by atoms with Crippen molar-refractivity contribution in [2.24, 2.45) is 0 Å². The van der Waals surface area contributed by atoms with Crippen LogP contribution in [0, 0.1) is 3.57 Å². The highest BCUT2D eigenvalue weighted by molar-refractivity contribution is 14.1. The maximum absolute atomic E-state index is 11.6. The van der Waals surface area contributed by atoms with Gasteiger partial charge in [0.25, 0.3) is 5.56 Å². The van der Waals surface area contributed by atoms with E-state index >= 15 is 0 Å². The number of anilines is 1. The van der Waals surface area contributed by atoms with Crippen LogP contribution in [-0.4, -0.2) is 47.1 Å². The predicted octanol–water partition coefficient (Wildman–Crippen LogP) is 1.44. The van der Waals surface area contributed by atoms with E-state index in [2.05, 4.69) is 42.4 Å². The van der Waals surface area contributed by atoms with Gasteiger partial charge in [0, 0.05) is 32.2 Å². The van der Waals surface area contributed by atoms with Gasteiger partial charge in [-0.3, -0.25) is 9.69 Å². The molecule has 6 heteroatoms. The summed E-state index contributed by atoms with van der Waals surface area (Å²) in [6, 6.07) is 0.799. The highest BCUT2D eigenvalue weighted by Gasteiger charge is 2.27. The molecule has 2 heterocycles. The fourth-order valence-corrected chi connectivity index (χ4v) is 3.80. The predicted molar refractivity (Wildman–Crippen MR) is 83.6 cm³/mol. The molecule has 1 saturated carbocycles. The van der Waals surface area contributed by atoms with E-state index < -0.39 is 0 Å². The quantitative estimate of drug-likeness (QED) is 0.797. The molecule has 2 fully saturated rings. The molecule has 0 aromatic carbocycles. The number of halogens is 1. The zero-order valence-corrected chi connectivity index (χ0v) is 13.1. The Bertz CT molecular complexity index is 490. The summed E-state index contributed by atoms with van der Waals surface area (Å²) in [6.45, 7) is 4.14. The van der Waals surface area contributed by atoms with Gasteiger partial charge in [-0.25, -0.2) is 4.98 Å². The Morgan fingerprint density at radius 2 is 1.89 bits per heavy atom. The largest absolute Gasteiger partial charge is 0.353 e. The van der Waals surface area contributed by atoms with Crippen molar-refractivity contribution in [1.29, 1.82) is 0 Å². The van der Waals surface area contributed by atoms with E-state index in [1.807, 2.05) is 0 Å². The van der Waals surface area contributed by atoms with Crippen molar-refractivity contribution < 1.29 is 0 Å². The summed E-state index contributed by atoms with van der Waals surface area (Å²) >= 11 is 2.09. The molecule has 1 aliphatic heterocycles. The number of H-pyrrole nitrogens is 1. The second-order valence-electron chi connectivity index (χ2n) is 5.33. The Hall–Kier alpha value is -0.630. The Balaban J connectivity index is 1.66. The maximum Gasteiger partial charge on any atom is 0.266 e. The molecule has 0 amide bonds. The van der Waals surface area contributed by atoms with Crippen LogP contribution in [0.4, 0.5) is 5.82 Å². The molecule has 5 nitrogen and oxygen atoms in total. The van der Waals surface area contributed by atoms with Crippen LogP contribution in [0.1, 0.15) is 25.7 Å². The minimum absolute atomic E-state index is 0.0381. The molecule has 0 spiro atoms. The SMILES string of the molecule is O=c1[nH]cnc(N2CCN(C3CCCC3)CC2)c1I. The lowest BCUT2D eigenvalue weighted by Gasteiger charge is -2.38. The summed E-state index contributed by atoms with van der Waals surface area (Å²) in [5, 5.41) is 0. The fourth-order valence-electron chi connectivity index (χ4n) is 3.16. The number of hydrogen-bond donors (Lipinski definition) is 1. The van der Waals surface area contributed by atoms with Gasteiger partial charge in [0.2, 0.25) is 0 Å². The molecule has 1 N–H and O–H groups in total. The number of aromatic nitrogens is 2. The van der Waals surface area contributed by atoms with Crippen molar-refractivity contribution in [3.8, 4) is 0 Å².